The lowest BCUT2D eigenvalue weighted by molar-refractivity contribution is -0.122. The van der Waals surface area contributed by atoms with E-state index in [9.17, 15) is 18.8 Å². The van der Waals surface area contributed by atoms with Crippen molar-refractivity contribution in [2.24, 2.45) is 0 Å². The van der Waals surface area contributed by atoms with Gasteiger partial charge in [0, 0.05) is 6.54 Å². The highest BCUT2D eigenvalue weighted by molar-refractivity contribution is 5.81. The Kier molecular flexibility index (Phi) is 5.81. The van der Waals surface area contributed by atoms with Crippen LogP contribution in [0.3, 0.4) is 0 Å². The summed E-state index contributed by atoms with van der Waals surface area (Å²) in [4.78, 5) is 37.8. The van der Waals surface area contributed by atoms with Crippen molar-refractivity contribution in [2.75, 3.05) is 7.11 Å². The van der Waals surface area contributed by atoms with Gasteiger partial charge in [0.15, 0.2) is 11.6 Å². The predicted octanol–water partition coefficient (Wildman–Crippen LogP) is 2.21. The van der Waals surface area contributed by atoms with Crippen LogP contribution < -0.4 is 21.3 Å². The van der Waals surface area contributed by atoms with Gasteiger partial charge in [-0.2, -0.15) is 0 Å². The summed E-state index contributed by atoms with van der Waals surface area (Å²) >= 11 is 0. The zero-order chi connectivity index (χ0) is 21.1. The summed E-state index contributed by atoms with van der Waals surface area (Å²) in [5, 5.41) is 3.13. The number of aromatic nitrogens is 2. The van der Waals surface area contributed by atoms with Gasteiger partial charge in [-0.15, -0.1) is 0 Å². The molecule has 1 atom stereocenters. The van der Waals surface area contributed by atoms with Crippen LogP contribution in [0, 0.1) is 5.82 Å². The van der Waals surface area contributed by atoms with Gasteiger partial charge in [-0.05, 0) is 43.7 Å². The van der Waals surface area contributed by atoms with Gasteiger partial charge in [0.05, 0.1) is 24.1 Å². The Hall–Kier alpha value is -3.42. The molecular formula is C21H22FN3O4. The first-order valence-electron chi connectivity index (χ1n) is 9.22. The Morgan fingerprint density at radius 2 is 1.90 bits per heavy atom. The van der Waals surface area contributed by atoms with Crippen molar-refractivity contribution in [3.63, 3.8) is 0 Å². The van der Waals surface area contributed by atoms with E-state index in [2.05, 4.69) is 5.32 Å². The third kappa shape index (κ3) is 3.91. The molecule has 0 bridgehead atoms. The van der Waals surface area contributed by atoms with E-state index in [4.69, 9.17) is 4.74 Å². The van der Waals surface area contributed by atoms with Crippen molar-refractivity contribution in [1.82, 2.24) is 14.5 Å². The fourth-order valence-corrected chi connectivity index (χ4v) is 3.27. The Morgan fingerprint density at radius 3 is 2.55 bits per heavy atom. The quantitative estimate of drug-likeness (QED) is 0.689. The molecule has 1 amide bonds. The van der Waals surface area contributed by atoms with E-state index in [1.807, 2.05) is 0 Å². The molecule has 0 aliphatic heterocycles. The number of carbonyl (C=O) groups excluding carboxylic acids is 1. The SMILES string of the molecule is CCn1c(=O)c2ccccc2n(CC(=O)N[C@H](C)c2ccc(OC)c(F)c2)c1=O. The molecule has 3 aromatic rings. The summed E-state index contributed by atoms with van der Waals surface area (Å²) in [7, 11) is 1.38. The van der Waals surface area contributed by atoms with Crippen molar-refractivity contribution >= 4 is 16.8 Å². The average Bonchev–Trinajstić information content (AvgIpc) is 2.71. The van der Waals surface area contributed by atoms with Gasteiger partial charge in [0.1, 0.15) is 6.54 Å². The molecule has 8 heteroatoms. The van der Waals surface area contributed by atoms with Gasteiger partial charge >= 0.3 is 5.69 Å². The number of fused-ring (bicyclic) bond motifs is 1. The second-order valence-electron chi connectivity index (χ2n) is 6.62. The largest absolute Gasteiger partial charge is 0.494 e. The molecule has 0 aliphatic rings. The third-order valence-electron chi connectivity index (χ3n) is 4.80. The Bertz CT molecular complexity index is 1180. The average molecular weight is 399 g/mol. The maximum Gasteiger partial charge on any atom is 0.331 e. The van der Waals surface area contributed by atoms with E-state index in [0.717, 1.165) is 4.57 Å². The highest BCUT2D eigenvalue weighted by atomic mass is 19.1. The number of methoxy groups -OCH3 is 1. The Morgan fingerprint density at radius 1 is 1.17 bits per heavy atom. The molecule has 0 unspecified atom stereocenters. The van der Waals surface area contributed by atoms with E-state index in [1.165, 1.54) is 23.8 Å². The topological polar surface area (TPSA) is 82.3 Å². The van der Waals surface area contributed by atoms with Crippen LogP contribution in [0.1, 0.15) is 25.5 Å². The van der Waals surface area contributed by atoms with Gasteiger partial charge in [-0.1, -0.05) is 18.2 Å². The number of nitrogens with zero attached hydrogens (tertiary/aromatic N) is 2. The standard InChI is InChI=1S/C21H22FN3O4/c1-4-24-20(27)15-7-5-6-8-17(15)25(21(24)28)12-19(26)23-13(2)14-9-10-18(29-3)16(22)11-14/h5-11,13H,4,12H2,1-3H3,(H,23,26)/t13-/m1/s1. The smallest absolute Gasteiger partial charge is 0.331 e. The molecule has 29 heavy (non-hydrogen) atoms. The van der Waals surface area contributed by atoms with Gasteiger partial charge < -0.3 is 10.1 Å². The van der Waals surface area contributed by atoms with Crippen molar-refractivity contribution in [3.05, 3.63) is 74.7 Å². The molecule has 1 N–H and O–H groups in total. The minimum atomic E-state index is -0.547. The number of halogens is 1. The lowest BCUT2D eigenvalue weighted by Crippen LogP contribution is -2.42. The number of ether oxygens (including phenoxy) is 1. The summed E-state index contributed by atoms with van der Waals surface area (Å²) in [6.07, 6.45) is 0. The van der Waals surface area contributed by atoms with Crippen molar-refractivity contribution in [1.29, 1.82) is 0 Å². The van der Waals surface area contributed by atoms with Crippen LogP contribution in [0.5, 0.6) is 5.75 Å². The number of amides is 1. The molecule has 0 fully saturated rings. The molecule has 1 aromatic heterocycles. The van der Waals surface area contributed by atoms with Gasteiger partial charge in [0.25, 0.3) is 5.56 Å². The van der Waals surface area contributed by atoms with Crippen LogP contribution in [-0.4, -0.2) is 22.2 Å². The predicted molar refractivity (Wildman–Crippen MR) is 108 cm³/mol. The number of benzene rings is 2. The van der Waals surface area contributed by atoms with E-state index < -0.39 is 23.5 Å². The zero-order valence-electron chi connectivity index (χ0n) is 16.4. The van der Waals surface area contributed by atoms with Gasteiger partial charge in [-0.25, -0.2) is 9.18 Å². The summed E-state index contributed by atoms with van der Waals surface area (Å²) < 4.78 is 21.2. The maximum absolute atomic E-state index is 13.9. The second-order valence-corrected chi connectivity index (χ2v) is 6.62. The molecule has 0 spiro atoms. The lowest BCUT2D eigenvalue weighted by Gasteiger charge is -2.17. The second kappa shape index (κ2) is 8.30. The number of hydrogen-bond acceptors (Lipinski definition) is 4. The summed E-state index contributed by atoms with van der Waals surface area (Å²) in [6, 6.07) is 10.6. The molecule has 0 aliphatic carbocycles. The normalized spacial score (nSPS) is 12.0. The van der Waals surface area contributed by atoms with Crippen molar-refractivity contribution in [2.45, 2.75) is 33.0 Å². The highest BCUT2D eigenvalue weighted by Gasteiger charge is 2.17. The molecular weight excluding hydrogens is 377 g/mol. The minimum absolute atomic E-state index is 0.118. The van der Waals surface area contributed by atoms with Crippen LogP contribution in [-0.2, 0) is 17.9 Å². The van der Waals surface area contributed by atoms with Crippen LogP contribution in [0.25, 0.3) is 10.9 Å². The van der Waals surface area contributed by atoms with Crippen molar-refractivity contribution < 1.29 is 13.9 Å². The maximum atomic E-state index is 13.9. The monoisotopic (exact) mass is 399 g/mol. The van der Waals surface area contributed by atoms with Gasteiger partial charge in [-0.3, -0.25) is 18.7 Å². The molecule has 1 heterocycles. The molecule has 0 saturated carbocycles. The first kappa shape index (κ1) is 20.3. The number of carbonyl (C=O) groups is 1. The number of rotatable bonds is 6. The number of para-hydroxylation sites is 1. The van der Waals surface area contributed by atoms with Crippen LogP contribution in [0.2, 0.25) is 0 Å². The lowest BCUT2D eigenvalue weighted by atomic mass is 10.1. The van der Waals surface area contributed by atoms with Crippen LogP contribution in [0.15, 0.2) is 52.1 Å². The molecule has 0 radical (unpaired) electrons. The molecule has 7 nitrogen and oxygen atoms in total. The summed E-state index contributed by atoms with van der Waals surface area (Å²) in [5.74, 6) is -0.835. The fourth-order valence-electron chi connectivity index (χ4n) is 3.27. The van der Waals surface area contributed by atoms with Crippen LogP contribution >= 0.6 is 0 Å². The summed E-state index contributed by atoms with van der Waals surface area (Å²) in [6.45, 7) is 3.35. The molecule has 2 aromatic carbocycles. The van der Waals surface area contributed by atoms with E-state index in [-0.39, 0.29) is 24.4 Å². The van der Waals surface area contributed by atoms with E-state index in [0.29, 0.717) is 16.5 Å². The first-order chi connectivity index (χ1) is 13.9. The van der Waals surface area contributed by atoms with Crippen LogP contribution in [0.4, 0.5) is 4.39 Å². The number of nitrogens with one attached hydrogen (secondary N) is 1. The minimum Gasteiger partial charge on any atom is -0.494 e. The van der Waals surface area contributed by atoms with E-state index >= 15 is 0 Å². The summed E-state index contributed by atoms with van der Waals surface area (Å²) in [5.41, 5.74) is 0.0270. The third-order valence-corrected chi connectivity index (χ3v) is 4.80. The number of hydrogen-bond donors (Lipinski definition) is 1. The van der Waals surface area contributed by atoms with Crippen molar-refractivity contribution in [3.8, 4) is 5.75 Å². The first-order valence-corrected chi connectivity index (χ1v) is 9.22. The zero-order valence-corrected chi connectivity index (χ0v) is 16.4. The Labute approximate surface area is 166 Å². The highest BCUT2D eigenvalue weighted by Crippen LogP contribution is 2.21. The Balaban J connectivity index is 1.89. The molecule has 0 saturated heterocycles. The fraction of sp³-hybridized carbons (Fsp3) is 0.286. The van der Waals surface area contributed by atoms with Gasteiger partial charge in [0.2, 0.25) is 5.91 Å². The molecule has 3 rings (SSSR count). The van der Waals surface area contributed by atoms with E-state index in [1.54, 1.807) is 44.2 Å². The molecule has 152 valence electrons.